The van der Waals surface area contributed by atoms with Gasteiger partial charge in [0, 0.05) is 29.0 Å². The maximum absolute atomic E-state index is 10.2. The maximum atomic E-state index is 10.2. The van der Waals surface area contributed by atoms with Crippen molar-refractivity contribution < 1.29 is 9.84 Å². The van der Waals surface area contributed by atoms with Crippen molar-refractivity contribution in [3.63, 3.8) is 0 Å². The predicted molar refractivity (Wildman–Crippen MR) is 69.7 cm³/mol. The van der Waals surface area contributed by atoms with E-state index in [0.29, 0.717) is 16.5 Å². The van der Waals surface area contributed by atoms with Crippen molar-refractivity contribution in [1.29, 1.82) is 0 Å². The fourth-order valence-electron chi connectivity index (χ4n) is 2.33. The first-order chi connectivity index (χ1) is 8.08. The normalized spacial score (nSPS) is 26.1. The van der Waals surface area contributed by atoms with Gasteiger partial charge in [0.25, 0.3) is 0 Å². The van der Waals surface area contributed by atoms with E-state index in [-0.39, 0.29) is 12.0 Å². The zero-order chi connectivity index (χ0) is 12.4. The number of aliphatic hydroxyl groups is 1. The SMILES string of the molecule is CC1OCCC1C(O)Cc1cc(Cl)ccc1Cl. The van der Waals surface area contributed by atoms with E-state index in [4.69, 9.17) is 27.9 Å². The number of ether oxygens (including phenoxy) is 1. The van der Waals surface area contributed by atoms with Gasteiger partial charge in [0.1, 0.15) is 0 Å². The minimum Gasteiger partial charge on any atom is -0.392 e. The van der Waals surface area contributed by atoms with Gasteiger partial charge in [-0.1, -0.05) is 23.2 Å². The molecule has 94 valence electrons. The van der Waals surface area contributed by atoms with E-state index in [9.17, 15) is 5.11 Å². The Morgan fingerprint density at radius 1 is 1.47 bits per heavy atom. The highest BCUT2D eigenvalue weighted by molar-refractivity contribution is 6.33. The second kappa shape index (κ2) is 5.57. The lowest BCUT2D eigenvalue weighted by Gasteiger charge is -2.21. The number of aliphatic hydroxyl groups excluding tert-OH is 1. The maximum Gasteiger partial charge on any atom is 0.0634 e. The molecule has 3 atom stereocenters. The van der Waals surface area contributed by atoms with Gasteiger partial charge in [0.05, 0.1) is 12.2 Å². The lowest BCUT2D eigenvalue weighted by molar-refractivity contribution is 0.0441. The molecule has 1 aromatic rings. The molecule has 1 saturated heterocycles. The summed E-state index contributed by atoms with van der Waals surface area (Å²) in [5, 5.41) is 11.5. The molecule has 1 aliphatic rings. The van der Waals surface area contributed by atoms with Crippen molar-refractivity contribution in [3.05, 3.63) is 33.8 Å². The molecule has 0 saturated carbocycles. The quantitative estimate of drug-likeness (QED) is 0.917. The fraction of sp³-hybridized carbons (Fsp3) is 0.538. The van der Waals surface area contributed by atoms with E-state index in [1.165, 1.54) is 0 Å². The summed E-state index contributed by atoms with van der Waals surface area (Å²) < 4.78 is 5.46. The summed E-state index contributed by atoms with van der Waals surface area (Å²) in [7, 11) is 0. The van der Waals surface area contributed by atoms with Crippen molar-refractivity contribution in [2.24, 2.45) is 5.92 Å². The molecule has 1 heterocycles. The van der Waals surface area contributed by atoms with Gasteiger partial charge >= 0.3 is 0 Å². The summed E-state index contributed by atoms with van der Waals surface area (Å²) in [4.78, 5) is 0. The zero-order valence-corrected chi connectivity index (χ0v) is 11.2. The van der Waals surface area contributed by atoms with Crippen LogP contribution in [-0.4, -0.2) is 23.9 Å². The highest BCUT2D eigenvalue weighted by Crippen LogP contribution is 2.28. The van der Waals surface area contributed by atoms with Crippen LogP contribution >= 0.6 is 23.2 Å². The van der Waals surface area contributed by atoms with Crippen molar-refractivity contribution in [1.82, 2.24) is 0 Å². The topological polar surface area (TPSA) is 29.5 Å². The van der Waals surface area contributed by atoms with Crippen LogP contribution in [0.1, 0.15) is 18.9 Å². The van der Waals surface area contributed by atoms with Crippen molar-refractivity contribution in [3.8, 4) is 0 Å². The first kappa shape index (κ1) is 13.2. The van der Waals surface area contributed by atoms with Gasteiger partial charge in [-0.05, 0) is 37.1 Å². The standard InChI is InChI=1S/C13H16Cl2O2/c1-8-11(4-5-17-8)13(16)7-9-6-10(14)2-3-12(9)15/h2-3,6,8,11,13,16H,4-5,7H2,1H3. The minimum absolute atomic E-state index is 0.114. The predicted octanol–water partition coefficient (Wildman–Crippen LogP) is 3.32. The highest BCUT2D eigenvalue weighted by Gasteiger charge is 2.30. The molecule has 1 N–H and O–H groups in total. The summed E-state index contributed by atoms with van der Waals surface area (Å²) in [6.45, 7) is 2.73. The van der Waals surface area contributed by atoms with Crippen LogP contribution in [0.15, 0.2) is 18.2 Å². The minimum atomic E-state index is -0.427. The molecule has 0 bridgehead atoms. The average molecular weight is 275 g/mol. The summed E-state index contributed by atoms with van der Waals surface area (Å²) in [5.74, 6) is 0.185. The first-order valence-electron chi connectivity index (χ1n) is 5.81. The van der Waals surface area contributed by atoms with E-state index in [1.54, 1.807) is 12.1 Å². The molecule has 1 aliphatic heterocycles. The molecule has 0 aromatic heterocycles. The molecular formula is C13H16Cl2O2. The summed E-state index contributed by atoms with van der Waals surface area (Å²) in [6, 6.07) is 5.33. The molecular weight excluding hydrogens is 259 g/mol. The Hall–Kier alpha value is -0.280. The Kier molecular flexibility index (Phi) is 4.31. The number of benzene rings is 1. The van der Waals surface area contributed by atoms with Gasteiger partial charge in [0.2, 0.25) is 0 Å². The second-order valence-corrected chi connectivity index (χ2v) is 5.38. The van der Waals surface area contributed by atoms with Gasteiger partial charge in [0.15, 0.2) is 0 Å². The Morgan fingerprint density at radius 2 is 2.24 bits per heavy atom. The number of halogens is 2. The van der Waals surface area contributed by atoms with Gasteiger partial charge in [-0.3, -0.25) is 0 Å². The lowest BCUT2D eigenvalue weighted by Crippen LogP contribution is -2.28. The summed E-state index contributed by atoms with van der Waals surface area (Å²) >= 11 is 12.0. The van der Waals surface area contributed by atoms with E-state index < -0.39 is 6.10 Å². The third-order valence-electron chi connectivity index (χ3n) is 3.37. The number of hydrogen-bond acceptors (Lipinski definition) is 2. The van der Waals surface area contributed by atoms with E-state index in [1.807, 2.05) is 13.0 Å². The van der Waals surface area contributed by atoms with Crippen molar-refractivity contribution in [2.45, 2.75) is 32.0 Å². The third kappa shape index (κ3) is 3.14. The largest absolute Gasteiger partial charge is 0.392 e. The molecule has 0 spiro atoms. The lowest BCUT2D eigenvalue weighted by atomic mass is 9.91. The second-order valence-electron chi connectivity index (χ2n) is 4.54. The van der Waals surface area contributed by atoms with Crippen LogP contribution in [0.5, 0.6) is 0 Å². The third-order valence-corrected chi connectivity index (χ3v) is 3.97. The number of rotatable bonds is 3. The van der Waals surface area contributed by atoms with Crippen LogP contribution in [0.25, 0.3) is 0 Å². The van der Waals surface area contributed by atoms with Crippen LogP contribution < -0.4 is 0 Å². The highest BCUT2D eigenvalue weighted by atomic mass is 35.5. The van der Waals surface area contributed by atoms with Gasteiger partial charge in [-0.25, -0.2) is 0 Å². The van der Waals surface area contributed by atoms with Crippen LogP contribution in [0.2, 0.25) is 10.0 Å². The summed E-state index contributed by atoms with van der Waals surface area (Å²) in [6.07, 6.45) is 1.12. The van der Waals surface area contributed by atoms with Crippen molar-refractivity contribution in [2.75, 3.05) is 6.61 Å². The van der Waals surface area contributed by atoms with E-state index in [0.717, 1.165) is 18.6 Å². The molecule has 0 amide bonds. The molecule has 0 radical (unpaired) electrons. The Labute approximate surface area is 111 Å². The molecule has 1 fully saturated rings. The Morgan fingerprint density at radius 3 is 2.88 bits per heavy atom. The van der Waals surface area contributed by atoms with E-state index in [2.05, 4.69) is 0 Å². The van der Waals surface area contributed by atoms with Crippen LogP contribution in [0.3, 0.4) is 0 Å². The van der Waals surface area contributed by atoms with Gasteiger partial charge in [-0.15, -0.1) is 0 Å². The molecule has 3 unspecified atom stereocenters. The van der Waals surface area contributed by atoms with Crippen LogP contribution in [0, 0.1) is 5.92 Å². The zero-order valence-electron chi connectivity index (χ0n) is 9.70. The molecule has 17 heavy (non-hydrogen) atoms. The first-order valence-corrected chi connectivity index (χ1v) is 6.57. The molecule has 2 nitrogen and oxygen atoms in total. The molecule has 2 rings (SSSR count). The van der Waals surface area contributed by atoms with E-state index >= 15 is 0 Å². The van der Waals surface area contributed by atoms with Gasteiger partial charge in [-0.2, -0.15) is 0 Å². The Balaban J connectivity index is 2.07. The monoisotopic (exact) mass is 274 g/mol. The molecule has 4 heteroatoms. The summed E-state index contributed by atoms with van der Waals surface area (Å²) in [5.41, 5.74) is 0.894. The average Bonchev–Trinajstić information content (AvgIpc) is 2.70. The molecule has 1 aromatic carbocycles. The van der Waals surface area contributed by atoms with Crippen LogP contribution in [-0.2, 0) is 11.2 Å². The van der Waals surface area contributed by atoms with Crippen LogP contribution in [0.4, 0.5) is 0 Å². The molecule has 0 aliphatic carbocycles. The smallest absolute Gasteiger partial charge is 0.0634 e. The van der Waals surface area contributed by atoms with Gasteiger partial charge < -0.3 is 9.84 Å². The fourth-order valence-corrected chi connectivity index (χ4v) is 2.72. The number of hydrogen-bond donors (Lipinski definition) is 1. The Bertz CT molecular complexity index is 395. The van der Waals surface area contributed by atoms with Crippen molar-refractivity contribution >= 4 is 23.2 Å².